The smallest absolute Gasteiger partial charge is 0.225 e. The van der Waals surface area contributed by atoms with E-state index in [1.807, 2.05) is 6.07 Å². The third kappa shape index (κ3) is 4.08. The summed E-state index contributed by atoms with van der Waals surface area (Å²) in [5, 5.41) is 9.52. The first kappa shape index (κ1) is 12.8. The zero-order chi connectivity index (χ0) is 12.0. The topological polar surface area (TPSA) is 38.7 Å². The van der Waals surface area contributed by atoms with E-state index in [4.69, 9.17) is 9.16 Å². The third-order valence-corrected chi connectivity index (χ3v) is 3.82. The van der Waals surface area contributed by atoms with Gasteiger partial charge in [-0.15, -0.1) is 6.58 Å². The lowest BCUT2D eigenvalue weighted by Gasteiger charge is -2.22. The second kappa shape index (κ2) is 5.72. The van der Waals surface area contributed by atoms with E-state index in [1.165, 1.54) is 0 Å². The molecule has 0 atom stereocenters. The van der Waals surface area contributed by atoms with E-state index in [-0.39, 0.29) is 5.75 Å². The summed E-state index contributed by atoms with van der Waals surface area (Å²) in [6.07, 6.45) is 2.24. The molecule has 4 heteroatoms. The molecule has 1 N–H and O–H groups in total. The number of ether oxygens (including phenoxy) is 1. The van der Waals surface area contributed by atoms with Gasteiger partial charge in [-0.1, -0.05) is 18.2 Å². The molecule has 0 aliphatic rings. The van der Waals surface area contributed by atoms with Crippen molar-refractivity contribution in [2.24, 2.45) is 0 Å². The average Bonchev–Trinajstić information content (AvgIpc) is 2.26. The van der Waals surface area contributed by atoms with E-state index in [2.05, 4.69) is 19.7 Å². The maximum absolute atomic E-state index is 9.52. The minimum atomic E-state index is -1.83. The first-order chi connectivity index (χ1) is 7.55. The van der Waals surface area contributed by atoms with Gasteiger partial charge >= 0.3 is 0 Å². The summed E-state index contributed by atoms with van der Waals surface area (Å²) in [6, 6.07) is 6.94. The first-order valence-electron chi connectivity index (χ1n) is 5.21. The summed E-state index contributed by atoms with van der Waals surface area (Å²) in [7, 11) is -1.83. The molecule has 0 saturated carbocycles. The second-order valence-corrected chi connectivity index (χ2v) is 8.21. The molecule has 88 valence electrons. The van der Waals surface area contributed by atoms with Crippen LogP contribution in [0.5, 0.6) is 11.5 Å². The standard InChI is InChI=1S/C12H18O3Si/c1-4-9-15-16(2,3)10-14-12-8-6-5-7-11(12)13/h4-8,13H,1,9-10H2,2-3H3. The fraction of sp³-hybridized carbons (Fsp3) is 0.333. The van der Waals surface area contributed by atoms with Crippen molar-refractivity contribution in [3.05, 3.63) is 36.9 Å². The Morgan fingerprint density at radius 3 is 2.69 bits per heavy atom. The molecule has 0 aliphatic carbocycles. The van der Waals surface area contributed by atoms with Crippen LogP contribution in [0.15, 0.2) is 36.9 Å². The molecular formula is C12H18O3Si. The Morgan fingerprint density at radius 2 is 2.06 bits per heavy atom. The van der Waals surface area contributed by atoms with Gasteiger partial charge in [-0.05, 0) is 25.2 Å². The van der Waals surface area contributed by atoms with Crippen molar-refractivity contribution in [2.45, 2.75) is 13.1 Å². The third-order valence-electron chi connectivity index (χ3n) is 2.03. The molecular weight excluding hydrogens is 220 g/mol. The number of rotatable bonds is 6. The summed E-state index contributed by atoms with van der Waals surface area (Å²) >= 11 is 0. The van der Waals surface area contributed by atoms with Gasteiger partial charge in [0, 0.05) is 0 Å². The molecule has 16 heavy (non-hydrogen) atoms. The highest BCUT2D eigenvalue weighted by atomic mass is 28.4. The molecule has 0 unspecified atom stereocenters. The first-order valence-corrected chi connectivity index (χ1v) is 8.32. The molecule has 0 amide bonds. The Labute approximate surface area is 97.5 Å². The summed E-state index contributed by atoms with van der Waals surface area (Å²) in [5.41, 5.74) is 0. The van der Waals surface area contributed by atoms with Crippen molar-refractivity contribution in [1.29, 1.82) is 0 Å². The van der Waals surface area contributed by atoms with Crippen molar-refractivity contribution >= 4 is 8.32 Å². The largest absolute Gasteiger partial charge is 0.504 e. The number of para-hydroxylation sites is 2. The number of aromatic hydroxyl groups is 1. The minimum absolute atomic E-state index is 0.163. The van der Waals surface area contributed by atoms with Crippen LogP contribution in [0.2, 0.25) is 13.1 Å². The molecule has 0 fully saturated rings. The molecule has 0 heterocycles. The van der Waals surface area contributed by atoms with Gasteiger partial charge in [0.15, 0.2) is 11.5 Å². The number of hydrogen-bond donors (Lipinski definition) is 1. The van der Waals surface area contributed by atoms with Crippen molar-refractivity contribution in [1.82, 2.24) is 0 Å². The number of benzene rings is 1. The lowest BCUT2D eigenvalue weighted by atomic mass is 10.3. The van der Waals surface area contributed by atoms with Crippen LogP contribution in [0, 0.1) is 0 Å². The maximum Gasteiger partial charge on any atom is 0.225 e. The summed E-state index contributed by atoms with van der Waals surface area (Å²) in [4.78, 5) is 0. The highest BCUT2D eigenvalue weighted by Gasteiger charge is 2.23. The quantitative estimate of drug-likeness (QED) is 0.612. The van der Waals surface area contributed by atoms with Crippen LogP contribution < -0.4 is 4.74 Å². The SMILES string of the molecule is C=CCO[Si](C)(C)COc1ccccc1O. The Bertz CT molecular complexity index is 350. The second-order valence-electron chi connectivity index (χ2n) is 4.12. The predicted molar refractivity (Wildman–Crippen MR) is 67.2 cm³/mol. The van der Waals surface area contributed by atoms with Crippen molar-refractivity contribution in [3.8, 4) is 11.5 Å². The van der Waals surface area contributed by atoms with Crippen LogP contribution in [-0.2, 0) is 4.43 Å². The van der Waals surface area contributed by atoms with Crippen LogP contribution in [0.25, 0.3) is 0 Å². The van der Waals surface area contributed by atoms with E-state index in [0.717, 1.165) is 0 Å². The van der Waals surface area contributed by atoms with Gasteiger partial charge in [-0.3, -0.25) is 0 Å². The number of hydrogen-bond acceptors (Lipinski definition) is 3. The van der Waals surface area contributed by atoms with Crippen LogP contribution in [-0.4, -0.2) is 26.3 Å². The Kier molecular flexibility index (Phi) is 4.58. The molecule has 0 radical (unpaired) electrons. The molecule has 1 aromatic carbocycles. The molecule has 1 aromatic rings. The molecule has 0 bridgehead atoms. The summed E-state index contributed by atoms with van der Waals surface area (Å²) in [5.74, 6) is 0.668. The van der Waals surface area contributed by atoms with Crippen LogP contribution in [0.4, 0.5) is 0 Å². The Morgan fingerprint density at radius 1 is 1.38 bits per heavy atom. The van der Waals surface area contributed by atoms with Gasteiger partial charge in [0.25, 0.3) is 0 Å². The van der Waals surface area contributed by atoms with Crippen molar-refractivity contribution in [2.75, 3.05) is 12.8 Å². The highest BCUT2D eigenvalue weighted by molar-refractivity contribution is 6.71. The van der Waals surface area contributed by atoms with Gasteiger partial charge in [0.1, 0.15) is 6.23 Å². The fourth-order valence-corrected chi connectivity index (χ4v) is 2.31. The highest BCUT2D eigenvalue weighted by Crippen LogP contribution is 2.25. The lowest BCUT2D eigenvalue weighted by Crippen LogP contribution is -2.38. The van der Waals surface area contributed by atoms with E-state index in [0.29, 0.717) is 18.6 Å². The Balaban J connectivity index is 2.50. The predicted octanol–water partition coefficient (Wildman–Crippen LogP) is 2.72. The van der Waals surface area contributed by atoms with Crippen molar-refractivity contribution in [3.63, 3.8) is 0 Å². The monoisotopic (exact) mass is 238 g/mol. The van der Waals surface area contributed by atoms with Crippen LogP contribution in [0.1, 0.15) is 0 Å². The number of phenols is 1. The summed E-state index contributed by atoms with van der Waals surface area (Å²) < 4.78 is 11.2. The Hall–Kier alpha value is -1.26. The zero-order valence-corrected chi connectivity index (χ0v) is 10.8. The van der Waals surface area contributed by atoms with Crippen LogP contribution >= 0.6 is 0 Å². The molecule has 0 aromatic heterocycles. The van der Waals surface area contributed by atoms with Gasteiger partial charge in [-0.25, -0.2) is 0 Å². The fourth-order valence-electron chi connectivity index (χ4n) is 1.16. The van der Waals surface area contributed by atoms with E-state index in [9.17, 15) is 5.11 Å². The van der Waals surface area contributed by atoms with Gasteiger partial charge in [-0.2, -0.15) is 0 Å². The number of phenolic OH excluding ortho intramolecular Hbond substituents is 1. The zero-order valence-electron chi connectivity index (χ0n) is 9.77. The lowest BCUT2D eigenvalue weighted by molar-refractivity contribution is 0.289. The summed E-state index contributed by atoms with van der Waals surface area (Å²) in [6.45, 7) is 8.29. The van der Waals surface area contributed by atoms with E-state index >= 15 is 0 Å². The van der Waals surface area contributed by atoms with Gasteiger partial charge in [0.2, 0.25) is 8.32 Å². The minimum Gasteiger partial charge on any atom is -0.504 e. The van der Waals surface area contributed by atoms with E-state index < -0.39 is 8.32 Å². The van der Waals surface area contributed by atoms with Crippen molar-refractivity contribution < 1.29 is 14.3 Å². The molecule has 0 aliphatic heterocycles. The molecule has 3 nitrogen and oxygen atoms in total. The van der Waals surface area contributed by atoms with Gasteiger partial charge < -0.3 is 14.3 Å². The average molecular weight is 238 g/mol. The normalized spacial score (nSPS) is 11.1. The van der Waals surface area contributed by atoms with Gasteiger partial charge in [0.05, 0.1) is 6.61 Å². The van der Waals surface area contributed by atoms with E-state index in [1.54, 1.807) is 24.3 Å². The molecule has 0 saturated heterocycles. The van der Waals surface area contributed by atoms with Crippen LogP contribution in [0.3, 0.4) is 0 Å². The molecule has 0 spiro atoms. The molecule has 1 rings (SSSR count). The maximum atomic E-state index is 9.52.